The van der Waals surface area contributed by atoms with Crippen molar-refractivity contribution in [2.45, 2.75) is 6.29 Å². The van der Waals surface area contributed by atoms with Gasteiger partial charge in [-0.25, -0.2) is 4.79 Å². The van der Waals surface area contributed by atoms with Crippen molar-refractivity contribution in [2.75, 3.05) is 0 Å². The molecule has 6 heteroatoms. The van der Waals surface area contributed by atoms with Crippen LogP contribution in [0.2, 0.25) is 0 Å². The first kappa shape index (κ1) is 8.71. The van der Waals surface area contributed by atoms with Gasteiger partial charge >= 0.3 is 5.97 Å². The Morgan fingerprint density at radius 3 is 3.08 bits per heavy atom. The molecule has 0 spiro atoms. The molecule has 4 nitrogen and oxygen atoms in total. The fraction of sp³-hybridized carbons (Fsp3) is 0.143. The van der Waals surface area contributed by atoms with Gasteiger partial charge in [-0.05, 0) is 27.6 Å². The van der Waals surface area contributed by atoms with E-state index < -0.39 is 12.3 Å². The van der Waals surface area contributed by atoms with E-state index in [0.717, 1.165) is 0 Å². The summed E-state index contributed by atoms with van der Waals surface area (Å²) in [7, 11) is 5.49. The van der Waals surface area contributed by atoms with E-state index in [1.807, 2.05) is 0 Å². The number of carbonyl (C=O) groups excluding carboxylic acids is 1. The van der Waals surface area contributed by atoms with Crippen molar-refractivity contribution in [1.29, 1.82) is 0 Å². The van der Waals surface area contributed by atoms with E-state index in [4.69, 9.17) is 7.85 Å². The van der Waals surface area contributed by atoms with Crippen molar-refractivity contribution in [3.05, 3.63) is 21.8 Å². The summed E-state index contributed by atoms with van der Waals surface area (Å²) in [5, 5.41) is 9.25. The standard InChI is InChI=1S/C7H3BBrNO3/c8-5-4-2(1-3(9)10-5)6(11)13-7(4)12/h1,7,12H. The number of ether oxygens (including phenoxy) is 1. The Balaban J connectivity index is 2.69. The normalized spacial score (nSPS) is 19.8. The van der Waals surface area contributed by atoms with Gasteiger partial charge in [0.25, 0.3) is 0 Å². The fourth-order valence-electron chi connectivity index (χ4n) is 1.19. The fourth-order valence-corrected chi connectivity index (χ4v) is 1.61. The third kappa shape index (κ3) is 1.26. The third-order valence-corrected chi connectivity index (χ3v) is 2.15. The molecule has 0 aromatic carbocycles. The Morgan fingerprint density at radius 2 is 2.38 bits per heavy atom. The van der Waals surface area contributed by atoms with Gasteiger partial charge in [0.15, 0.2) is 0 Å². The van der Waals surface area contributed by atoms with Crippen LogP contribution in [0.1, 0.15) is 22.2 Å². The maximum Gasteiger partial charge on any atom is 0.341 e. The lowest BCUT2D eigenvalue weighted by Crippen LogP contribution is -2.17. The number of fused-ring (bicyclic) bond motifs is 1. The van der Waals surface area contributed by atoms with E-state index in [9.17, 15) is 9.90 Å². The minimum atomic E-state index is -1.29. The lowest BCUT2D eigenvalue weighted by Gasteiger charge is -2.04. The molecule has 64 valence electrons. The van der Waals surface area contributed by atoms with Crippen LogP contribution < -0.4 is 5.59 Å². The maximum absolute atomic E-state index is 11.1. The lowest BCUT2D eigenvalue weighted by atomic mass is 9.95. The van der Waals surface area contributed by atoms with Crippen molar-refractivity contribution >= 4 is 35.3 Å². The highest BCUT2D eigenvalue weighted by atomic mass is 79.9. The molecular weight excluding hydrogens is 237 g/mol. The van der Waals surface area contributed by atoms with E-state index in [1.165, 1.54) is 6.07 Å². The number of cyclic esters (lactones) is 1. The van der Waals surface area contributed by atoms with Gasteiger partial charge in [-0.2, -0.15) is 0 Å². The molecular formula is C7H3BBrNO3. The van der Waals surface area contributed by atoms with Crippen LogP contribution in [-0.4, -0.2) is 23.9 Å². The monoisotopic (exact) mass is 239 g/mol. The second-order valence-electron chi connectivity index (χ2n) is 2.55. The summed E-state index contributed by atoms with van der Waals surface area (Å²) >= 11 is 3.08. The molecule has 0 fully saturated rings. The zero-order chi connectivity index (χ0) is 9.59. The number of nitrogens with zero attached hydrogens (tertiary/aromatic N) is 1. The molecule has 1 atom stereocenters. The molecule has 2 rings (SSSR count). The third-order valence-electron chi connectivity index (χ3n) is 1.74. The maximum atomic E-state index is 11.1. The molecule has 1 aromatic rings. The van der Waals surface area contributed by atoms with Crippen LogP contribution in [0.5, 0.6) is 0 Å². The average molecular weight is 240 g/mol. The van der Waals surface area contributed by atoms with E-state index in [1.54, 1.807) is 0 Å². The van der Waals surface area contributed by atoms with Gasteiger partial charge in [-0.15, -0.1) is 0 Å². The number of aliphatic hydroxyl groups excluding tert-OH is 1. The highest BCUT2D eigenvalue weighted by molar-refractivity contribution is 9.10. The molecule has 13 heavy (non-hydrogen) atoms. The van der Waals surface area contributed by atoms with Crippen molar-refractivity contribution in [2.24, 2.45) is 0 Å². The minimum Gasteiger partial charge on any atom is -0.428 e. The molecule has 0 amide bonds. The number of rotatable bonds is 0. The Bertz CT molecular complexity index is 396. The topological polar surface area (TPSA) is 59.4 Å². The number of halogens is 1. The second-order valence-corrected chi connectivity index (χ2v) is 3.36. The molecule has 2 heterocycles. The van der Waals surface area contributed by atoms with Crippen LogP contribution in [-0.2, 0) is 4.74 Å². The number of esters is 1. The predicted octanol–water partition coefficient (Wildman–Crippen LogP) is -0.201. The summed E-state index contributed by atoms with van der Waals surface area (Å²) in [6.45, 7) is 0. The van der Waals surface area contributed by atoms with Gasteiger partial charge < -0.3 is 9.84 Å². The average Bonchev–Trinajstić information content (AvgIpc) is 2.27. The Kier molecular flexibility index (Phi) is 1.89. The van der Waals surface area contributed by atoms with Crippen molar-refractivity contribution in [3.63, 3.8) is 0 Å². The largest absolute Gasteiger partial charge is 0.428 e. The Hall–Kier alpha value is -0.875. The summed E-state index contributed by atoms with van der Waals surface area (Å²) in [6.07, 6.45) is -1.29. The van der Waals surface area contributed by atoms with E-state index >= 15 is 0 Å². The minimum absolute atomic E-state index is 0.0997. The van der Waals surface area contributed by atoms with Crippen LogP contribution in [0, 0.1) is 0 Å². The first-order valence-electron chi connectivity index (χ1n) is 3.44. The summed E-state index contributed by atoms with van der Waals surface area (Å²) in [6, 6.07) is 1.46. The van der Waals surface area contributed by atoms with Crippen LogP contribution in [0.15, 0.2) is 10.7 Å². The van der Waals surface area contributed by atoms with Crippen LogP contribution >= 0.6 is 15.9 Å². The number of hydrogen-bond acceptors (Lipinski definition) is 4. The van der Waals surface area contributed by atoms with Crippen molar-refractivity contribution in [1.82, 2.24) is 4.98 Å². The highest BCUT2D eigenvalue weighted by Gasteiger charge is 2.31. The number of hydrogen-bond donors (Lipinski definition) is 1. The first-order valence-corrected chi connectivity index (χ1v) is 4.24. The molecule has 1 unspecified atom stereocenters. The van der Waals surface area contributed by atoms with Gasteiger partial charge in [0.05, 0.1) is 5.56 Å². The van der Waals surface area contributed by atoms with Gasteiger partial charge in [0, 0.05) is 5.56 Å². The van der Waals surface area contributed by atoms with Crippen LogP contribution in [0.25, 0.3) is 0 Å². The Morgan fingerprint density at radius 1 is 1.69 bits per heavy atom. The van der Waals surface area contributed by atoms with E-state index in [-0.39, 0.29) is 16.7 Å². The lowest BCUT2D eigenvalue weighted by molar-refractivity contribution is -0.0543. The number of aliphatic hydroxyl groups is 1. The van der Waals surface area contributed by atoms with Gasteiger partial charge in [-0.3, -0.25) is 4.98 Å². The predicted molar refractivity (Wildman–Crippen MR) is 47.7 cm³/mol. The smallest absolute Gasteiger partial charge is 0.341 e. The van der Waals surface area contributed by atoms with Crippen molar-refractivity contribution < 1.29 is 14.6 Å². The van der Waals surface area contributed by atoms with E-state index in [2.05, 4.69) is 25.7 Å². The van der Waals surface area contributed by atoms with Crippen molar-refractivity contribution in [3.8, 4) is 0 Å². The van der Waals surface area contributed by atoms with Gasteiger partial charge in [-0.1, -0.05) is 0 Å². The SMILES string of the molecule is [B]c1nc(Br)cc2c1C(O)OC2=O. The van der Waals surface area contributed by atoms with Gasteiger partial charge in [0.2, 0.25) is 6.29 Å². The molecule has 0 aliphatic carbocycles. The number of pyridine rings is 1. The molecule has 1 aliphatic rings. The molecule has 1 aromatic heterocycles. The Labute approximate surface area is 83.5 Å². The zero-order valence-corrected chi connectivity index (χ0v) is 7.91. The molecule has 0 bridgehead atoms. The first-order chi connectivity index (χ1) is 6.09. The van der Waals surface area contributed by atoms with Crippen LogP contribution in [0.3, 0.4) is 0 Å². The quantitative estimate of drug-likeness (QED) is 0.387. The molecule has 1 aliphatic heterocycles. The second kappa shape index (κ2) is 2.82. The zero-order valence-electron chi connectivity index (χ0n) is 6.32. The molecule has 0 saturated carbocycles. The van der Waals surface area contributed by atoms with E-state index in [0.29, 0.717) is 4.60 Å². The van der Waals surface area contributed by atoms with Gasteiger partial charge in [0.1, 0.15) is 12.4 Å². The summed E-state index contributed by atoms with van der Waals surface area (Å²) in [5.74, 6) is -0.586. The summed E-state index contributed by atoms with van der Waals surface area (Å²) in [5.41, 5.74) is 0.600. The molecule has 0 saturated heterocycles. The summed E-state index contributed by atoms with van der Waals surface area (Å²) < 4.78 is 4.98. The number of carbonyl (C=O) groups is 1. The summed E-state index contributed by atoms with van der Waals surface area (Å²) in [4.78, 5) is 14.9. The molecule has 1 N–H and O–H groups in total. The molecule has 2 radical (unpaired) electrons. The number of aromatic nitrogens is 1. The highest BCUT2D eigenvalue weighted by Crippen LogP contribution is 2.27. The van der Waals surface area contributed by atoms with Crippen LogP contribution in [0.4, 0.5) is 0 Å².